The first-order chi connectivity index (χ1) is 9.44. The normalized spacial score (nSPS) is 21.2. The summed E-state index contributed by atoms with van der Waals surface area (Å²) in [5.41, 5.74) is 0. The highest BCUT2D eigenvalue weighted by Gasteiger charge is 2.34. The van der Waals surface area contributed by atoms with E-state index in [-0.39, 0.29) is 6.04 Å². The number of hydrogen-bond acceptors (Lipinski definition) is 3. The van der Waals surface area contributed by atoms with E-state index in [2.05, 4.69) is 15.6 Å². The van der Waals surface area contributed by atoms with Crippen molar-refractivity contribution in [2.24, 2.45) is 4.99 Å². The number of alkyl halides is 3. The van der Waals surface area contributed by atoms with Crippen LogP contribution >= 0.6 is 11.8 Å². The number of aliphatic imine (C=N–C) groups is 1. The fourth-order valence-electron chi connectivity index (χ4n) is 2.11. The number of thioether (sulfide) groups is 1. The molecule has 1 aliphatic rings. The number of nitrogens with zero attached hydrogens (tertiary/aromatic N) is 2. The lowest BCUT2D eigenvalue weighted by atomic mass is 10.3. The van der Waals surface area contributed by atoms with Crippen LogP contribution in [0.15, 0.2) is 4.99 Å². The molecule has 8 heteroatoms. The van der Waals surface area contributed by atoms with Crippen molar-refractivity contribution in [3.63, 3.8) is 0 Å². The molecule has 0 saturated carbocycles. The smallest absolute Gasteiger partial charge is 0.357 e. The van der Waals surface area contributed by atoms with E-state index in [1.807, 2.05) is 13.2 Å². The summed E-state index contributed by atoms with van der Waals surface area (Å²) in [5, 5.41) is 6.33. The molecule has 1 atom stereocenters. The van der Waals surface area contributed by atoms with Gasteiger partial charge in [-0.15, -0.1) is 0 Å². The molecular weight excluding hydrogens is 289 g/mol. The molecule has 1 saturated heterocycles. The summed E-state index contributed by atoms with van der Waals surface area (Å²) in [6.07, 6.45) is -1.39. The third-order valence-corrected chi connectivity index (χ3v) is 3.52. The van der Waals surface area contributed by atoms with E-state index in [4.69, 9.17) is 0 Å². The van der Waals surface area contributed by atoms with Gasteiger partial charge in [-0.3, -0.25) is 9.89 Å². The monoisotopic (exact) mass is 312 g/mol. The fraction of sp³-hybridized carbons (Fsp3) is 0.917. The van der Waals surface area contributed by atoms with Gasteiger partial charge in [0, 0.05) is 31.4 Å². The molecule has 2 N–H and O–H groups in total. The Hall–Kier alpha value is -0.630. The summed E-state index contributed by atoms with van der Waals surface area (Å²) in [6, 6.07) is 0.0319. The Morgan fingerprint density at radius 3 is 2.80 bits per heavy atom. The van der Waals surface area contributed by atoms with Gasteiger partial charge >= 0.3 is 6.18 Å². The maximum absolute atomic E-state index is 12.3. The van der Waals surface area contributed by atoms with Crippen molar-refractivity contribution < 1.29 is 13.2 Å². The standard InChI is InChI=1S/C12H23F3N4S/c1-3-16-11(17-5-7-20-2)18-10-4-6-19(8-10)9-12(13,14)15/h10H,3-9H2,1-2H3,(H2,16,17,18). The molecule has 0 aromatic carbocycles. The van der Waals surface area contributed by atoms with Gasteiger partial charge in [-0.05, 0) is 19.6 Å². The van der Waals surface area contributed by atoms with Crippen molar-refractivity contribution in [2.75, 3.05) is 44.7 Å². The van der Waals surface area contributed by atoms with Crippen LogP contribution in [0.25, 0.3) is 0 Å². The lowest BCUT2D eigenvalue weighted by Gasteiger charge is -2.19. The number of nitrogens with one attached hydrogen (secondary N) is 2. The minimum absolute atomic E-state index is 0.0319. The second kappa shape index (κ2) is 8.61. The Kier molecular flexibility index (Phi) is 7.50. The highest BCUT2D eigenvalue weighted by atomic mass is 32.2. The van der Waals surface area contributed by atoms with Crippen LogP contribution in [0, 0.1) is 0 Å². The van der Waals surface area contributed by atoms with Crippen molar-refractivity contribution in [3.05, 3.63) is 0 Å². The molecule has 1 aliphatic heterocycles. The van der Waals surface area contributed by atoms with Crippen molar-refractivity contribution in [3.8, 4) is 0 Å². The number of guanidine groups is 1. The summed E-state index contributed by atoms with van der Waals surface area (Å²) in [5.74, 6) is 1.63. The molecule has 0 radical (unpaired) electrons. The van der Waals surface area contributed by atoms with Gasteiger partial charge in [0.25, 0.3) is 0 Å². The molecule has 0 bridgehead atoms. The third kappa shape index (κ3) is 7.23. The summed E-state index contributed by atoms with van der Waals surface area (Å²) in [7, 11) is 0. The van der Waals surface area contributed by atoms with Gasteiger partial charge in [0.05, 0.1) is 13.1 Å². The van der Waals surface area contributed by atoms with Crippen molar-refractivity contribution in [2.45, 2.75) is 25.6 Å². The quantitative estimate of drug-likeness (QED) is 0.443. The maximum Gasteiger partial charge on any atom is 0.401 e. The average molecular weight is 312 g/mol. The second-order valence-corrected chi connectivity index (χ2v) is 5.72. The van der Waals surface area contributed by atoms with E-state index in [0.717, 1.165) is 12.3 Å². The maximum atomic E-state index is 12.3. The van der Waals surface area contributed by atoms with E-state index in [1.54, 1.807) is 11.8 Å². The zero-order chi connectivity index (χ0) is 15.0. The predicted molar refractivity (Wildman–Crippen MR) is 78.4 cm³/mol. The predicted octanol–water partition coefficient (Wildman–Crippen LogP) is 1.54. The minimum atomic E-state index is -4.12. The molecule has 0 aromatic rings. The molecule has 1 fully saturated rings. The van der Waals surface area contributed by atoms with E-state index < -0.39 is 12.7 Å². The third-order valence-electron chi connectivity index (χ3n) is 2.93. The lowest BCUT2D eigenvalue weighted by Crippen LogP contribution is -2.45. The van der Waals surface area contributed by atoms with Gasteiger partial charge < -0.3 is 10.6 Å². The Balaban J connectivity index is 2.40. The van der Waals surface area contributed by atoms with Crippen molar-refractivity contribution in [1.29, 1.82) is 0 Å². The first-order valence-corrected chi connectivity index (χ1v) is 8.17. The number of likely N-dealkylation sites (tertiary alicyclic amines) is 1. The Morgan fingerprint density at radius 1 is 1.45 bits per heavy atom. The van der Waals surface area contributed by atoms with Crippen LogP contribution in [-0.2, 0) is 0 Å². The van der Waals surface area contributed by atoms with Crippen molar-refractivity contribution >= 4 is 17.7 Å². The van der Waals surface area contributed by atoms with E-state index in [0.29, 0.717) is 32.0 Å². The molecular formula is C12H23F3N4S. The largest absolute Gasteiger partial charge is 0.401 e. The molecule has 0 aliphatic carbocycles. The average Bonchev–Trinajstić information content (AvgIpc) is 2.74. The highest BCUT2D eigenvalue weighted by Crippen LogP contribution is 2.19. The first-order valence-electron chi connectivity index (χ1n) is 6.77. The number of rotatable bonds is 6. The van der Waals surface area contributed by atoms with Crippen LogP contribution in [0.5, 0.6) is 0 Å². The second-order valence-electron chi connectivity index (χ2n) is 4.73. The highest BCUT2D eigenvalue weighted by molar-refractivity contribution is 7.98. The molecule has 0 amide bonds. The molecule has 1 rings (SSSR count). The summed E-state index contributed by atoms with van der Waals surface area (Å²) in [6.45, 7) is 3.47. The Morgan fingerprint density at radius 2 is 2.20 bits per heavy atom. The minimum Gasteiger partial charge on any atom is -0.357 e. The van der Waals surface area contributed by atoms with Crippen LogP contribution in [0.1, 0.15) is 13.3 Å². The Bertz CT molecular complexity index is 310. The number of halogens is 3. The fourth-order valence-corrected chi connectivity index (χ4v) is 2.38. The van der Waals surface area contributed by atoms with E-state index in [1.165, 1.54) is 4.90 Å². The van der Waals surface area contributed by atoms with Crippen LogP contribution in [0.3, 0.4) is 0 Å². The van der Waals surface area contributed by atoms with Crippen LogP contribution in [0.2, 0.25) is 0 Å². The Labute approximate surface area is 122 Å². The van der Waals surface area contributed by atoms with Crippen LogP contribution < -0.4 is 10.6 Å². The molecule has 1 heterocycles. The molecule has 0 spiro atoms. The van der Waals surface area contributed by atoms with Crippen molar-refractivity contribution in [1.82, 2.24) is 15.5 Å². The summed E-state index contributed by atoms with van der Waals surface area (Å²) >= 11 is 1.72. The zero-order valence-electron chi connectivity index (χ0n) is 12.0. The van der Waals surface area contributed by atoms with Gasteiger partial charge in [-0.25, -0.2) is 0 Å². The molecule has 118 valence electrons. The summed E-state index contributed by atoms with van der Waals surface area (Å²) < 4.78 is 37.0. The van der Waals surface area contributed by atoms with Crippen LogP contribution in [0.4, 0.5) is 13.2 Å². The molecule has 4 nitrogen and oxygen atoms in total. The molecule has 0 aromatic heterocycles. The van der Waals surface area contributed by atoms with Gasteiger partial charge in [-0.1, -0.05) is 0 Å². The zero-order valence-corrected chi connectivity index (χ0v) is 12.8. The van der Waals surface area contributed by atoms with Gasteiger partial charge in [-0.2, -0.15) is 24.9 Å². The SMILES string of the molecule is CCNC(=NCCSC)NC1CCN(CC(F)(F)F)C1. The lowest BCUT2D eigenvalue weighted by molar-refractivity contribution is -0.143. The van der Waals surface area contributed by atoms with Crippen LogP contribution in [-0.4, -0.2) is 67.8 Å². The molecule has 1 unspecified atom stereocenters. The number of hydrogen-bond donors (Lipinski definition) is 2. The van der Waals surface area contributed by atoms with E-state index in [9.17, 15) is 13.2 Å². The van der Waals surface area contributed by atoms with E-state index >= 15 is 0 Å². The van der Waals surface area contributed by atoms with Gasteiger partial charge in [0.15, 0.2) is 5.96 Å². The molecule has 20 heavy (non-hydrogen) atoms. The first kappa shape index (κ1) is 17.4. The topological polar surface area (TPSA) is 39.7 Å². The summed E-state index contributed by atoms with van der Waals surface area (Å²) in [4.78, 5) is 5.83. The van der Waals surface area contributed by atoms with Gasteiger partial charge in [0.1, 0.15) is 0 Å². The van der Waals surface area contributed by atoms with Gasteiger partial charge in [0.2, 0.25) is 0 Å².